The molecule has 1 spiro atoms. The van der Waals surface area contributed by atoms with Gasteiger partial charge in [0.25, 0.3) is 0 Å². The zero-order valence-electron chi connectivity index (χ0n) is 12.6. The Balaban J connectivity index is 1.65. The Labute approximate surface area is 131 Å². The van der Waals surface area contributed by atoms with Crippen molar-refractivity contribution >= 4 is 0 Å². The van der Waals surface area contributed by atoms with E-state index in [2.05, 4.69) is 66.0 Å². The van der Waals surface area contributed by atoms with Crippen molar-refractivity contribution in [2.24, 2.45) is 0 Å². The van der Waals surface area contributed by atoms with Crippen LogP contribution in [-0.4, -0.2) is 19.0 Å². The summed E-state index contributed by atoms with van der Waals surface area (Å²) in [5.74, 6) is -0.438. The first-order valence-electron chi connectivity index (χ1n) is 7.99. The van der Waals surface area contributed by atoms with E-state index >= 15 is 0 Å². The summed E-state index contributed by atoms with van der Waals surface area (Å²) in [6.07, 6.45) is 1.72. The third-order valence-corrected chi connectivity index (χ3v) is 4.65. The van der Waals surface area contributed by atoms with E-state index in [0.29, 0.717) is 13.2 Å². The van der Waals surface area contributed by atoms with E-state index in [1.165, 1.54) is 11.1 Å². The van der Waals surface area contributed by atoms with Gasteiger partial charge >= 0.3 is 0 Å². The number of hydrogen-bond acceptors (Lipinski definition) is 3. The van der Waals surface area contributed by atoms with Gasteiger partial charge in [0.2, 0.25) is 0 Å². The molecule has 4 rings (SSSR count). The van der Waals surface area contributed by atoms with Gasteiger partial charge in [0, 0.05) is 24.9 Å². The molecule has 2 aliphatic rings. The lowest BCUT2D eigenvalue weighted by Crippen LogP contribution is -2.46. The summed E-state index contributed by atoms with van der Waals surface area (Å²) < 4.78 is 12.0. The zero-order chi connectivity index (χ0) is 14.8. The molecule has 2 aromatic rings. The van der Waals surface area contributed by atoms with Crippen molar-refractivity contribution in [3.63, 3.8) is 0 Å². The van der Waals surface area contributed by atoms with Crippen LogP contribution in [-0.2, 0) is 9.47 Å². The van der Waals surface area contributed by atoms with Crippen molar-refractivity contribution in [2.45, 2.75) is 30.7 Å². The summed E-state index contributed by atoms with van der Waals surface area (Å²) in [6.45, 7) is 1.39. The van der Waals surface area contributed by atoms with Gasteiger partial charge in [-0.15, -0.1) is 0 Å². The second kappa shape index (κ2) is 5.84. The van der Waals surface area contributed by atoms with E-state index < -0.39 is 5.79 Å². The summed E-state index contributed by atoms with van der Waals surface area (Å²) in [6, 6.07) is 21.7. The van der Waals surface area contributed by atoms with Gasteiger partial charge in [0.15, 0.2) is 5.79 Å². The highest BCUT2D eigenvalue weighted by molar-refractivity contribution is 5.25. The van der Waals surface area contributed by atoms with Crippen LogP contribution in [0.5, 0.6) is 0 Å². The molecule has 22 heavy (non-hydrogen) atoms. The molecule has 0 aliphatic carbocycles. The molecule has 0 radical (unpaired) electrons. The average Bonchev–Trinajstić information content (AvgIpc) is 3.03. The maximum atomic E-state index is 6.02. The molecule has 0 bridgehead atoms. The quantitative estimate of drug-likeness (QED) is 0.918. The Bertz CT molecular complexity index is 558. The van der Waals surface area contributed by atoms with Crippen LogP contribution in [0.3, 0.4) is 0 Å². The molecule has 3 nitrogen and oxygen atoms in total. The molecule has 2 unspecified atom stereocenters. The van der Waals surface area contributed by atoms with Crippen LogP contribution in [0.1, 0.15) is 36.1 Å². The van der Waals surface area contributed by atoms with Gasteiger partial charge < -0.3 is 14.8 Å². The van der Waals surface area contributed by atoms with Crippen molar-refractivity contribution < 1.29 is 9.47 Å². The van der Waals surface area contributed by atoms with Crippen LogP contribution in [0, 0.1) is 0 Å². The number of ether oxygens (including phenoxy) is 2. The molecule has 2 saturated heterocycles. The molecule has 2 heterocycles. The summed E-state index contributed by atoms with van der Waals surface area (Å²) in [5, 5.41) is 3.78. The average molecular weight is 295 g/mol. The van der Waals surface area contributed by atoms with Crippen molar-refractivity contribution in [1.82, 2.24) is 5.32 Å². The first-order valence-corrected chi connectivity index (χ1v) is 7.99. The summed E-state index contributed by atoms with van der Waals surface area (Å²) in [5.41, 5.74) is 2.59. The standard InChI is InChI=1S/C19H21NO2/c1-3-7-15(8-4-1)17-13-19(21-11-12-22-19)14-18(20-17)16-9-5-2-6-10-16/h1-10,17-18,20H,11-14H2. The highest BCUT2D eigenvalue weighted by Crippen LogP contribution is 2.43. The zero-order valence-corrected chi connectivity index (χ0v) is 12.6. The highest BCUT2D eigenvalue weighted by atomic mass is 16.7. The molecule has 1 N–H and O–H groups in total. The minimum absolute atomic E-state index is 0.248. The molecule has 0 aromatic heterocycles. The van der Waals surface area contributed by atoms with Crippen LogP contribution in [0.15, 0.2) is 60.7 Å². The Morgan fingerprint density at radius 3 is 1.64 bits per heavy atom. The molecule has 0 saturated carbocycles. The fraction of sp³-hybridized carbons (Fsp3) is 0.368. The van der Waals surface area contributed by atoms with Crippen molar-refractivity contribution in [2.75, 3.05) is 13.2 Å². The third-order valence-electron chi connectivity index (χ3n) is 4.65. The van der Waals surface area contributed by atoms with Gasteiger partial charge in [-0.25, -0.2) is 0 Å². The SMILES string of the molecule is c1ccc(C2CC3(CC(c4ccccc4)N2)OCCO3)cc1. The van der Waals surface area contributed by atoms with Crippen LogP contribution in [0.25, 0.3) is 0 Å². The third kappa shape index (κ3) is 2.68. The number of hydrogen-bond donors (Lipinski definition) is 1. The summed E-state index contributed by atoms with van der Waals surface area (Å²) >= 11 is 0. The minimum atomic E-state index is -0.438. The van der Waals surface area contributed by atoms with E-state index in [4.69, 9.17) is 9.47 Å². The fourth-order valence-electron chi connectivity index (χ4n) is 3.60. The lowest BCUT2D eigenvalue weighted by atomic mass is 9.86. The second-order valence-corrected chi connectivity index (χ2v) is 6.11. The first-order chi connectivity index (χ1) is 10.8. The van der Waals surface area contributed by atoms with Gasteiger partial charge in [0.05, 0.1) is 13.2 Å². The molecular weight excluding hydrogens is 274 g/mol. The number of nitrogens with one attached hydrogen (secondary N) is 1. The monoisotopic (exact) mass is 295 g/mol. The molecular formula is C19H21NO2. The summed E-state index contributed by atoms with van der Waals surface area (Å²) in [4.78, 5) is 0. The molecule has 2 aromatic carbocycles. The lowest BCUT2D eigenvalue weighted by molar-refractivity contribution is -0.189. The molecule has 114 valence electrons. The molecule has 3 heteroatoms. The van der Waals surface area contributed by atoms with E-state index in [1.807, 2.05) is 0 Å². The Hall–Kier alpha value is -1.68. The fourth-order valence-corrected chi connectivity index (χ4v) is 3.60. The first kappa shape index (κ1) is 13.9. The van der Waals surface area contributed by atoms with E-state index in [9.17, 15) is 0 Å². The minimum Gasteiger partial charge on any atom is -0.347 e. The van der Waals surface area contributed by atoms with Crippen LogP contribution < -0.4 is 5.32 Å². The second-order valence-electron chi connectivity index (χ2n) is 6.11. The predicted octanol–water partition coefficient (Wildman–Crippen LogP) is 3.60. The normalized spacial score (nSPS) is 27.1. The van der Waals surface area contributed by atoms with Crippen LogP contribution in [0.4, 0.5) is 0 Å². The van der Waals surface area contributed by atoms with E-state index in [-0.39, 0.29) is 12.1 Å². The van der Waals surface area contributed by atoms with Crippen molar-refractivity contribution in [1.29, 1.82) is 0 Å². The van der Waals surface area contributed by atoms with Crippen molar-refractivity contribution in [3.05, 3.63) is 71.8 Å². The smallest absolute Gasteiger partial charge is 0.172 e. The van der Waals surface area contributed by atoms with Gasteiger partial charge in [-0.05, 0) is 11.1 Å². The number of rotatable bonds is 2. The Morgan fingerprint density at radius 1 is 0.727 bits per heavy atom. The molecule has 0 amide bonds. The lowest BCUT2D eigenvalue weighted by Gasteiger charge is -2.42. The maximum absolute atomic E-state index is 6.02. The summed E-state index contributed by atoms with van der Waals surface area (Å²) in [7, 11) is 0. The van der Waals surface area contributed by atoms with Crippen LogP contribution >= 0.6 is 0 Å². The largest absolute Gasteiger partial charge is 0.347 e. The van der Waals surface area contributed by atoms with Gasteiger partial charge in [-0.1, -0.05) is 60.7 Å². The van der Waals surface area contributed by atoms with Gasteiger partial charge in [-0.3, -0.25) is 0 Å². The Kier molecular flexibility index (Phi) is 3.70. The molecule has 2 atom stereocenters. The Morgan fingerprint density at radius 2 is 1.18 bits per heavy atom. The maximum Gasteiger partial charge on any atom is 0.172 e. The van der Waals surface area contributed by atoms with Gasteiger partial charge in [0.1, 0.15) is 0 Å². The van der Waals surface area contributed by atoms with Crippen LogP contribution in [0.2, 0.25) is 0 Å². The predicted molar refractivity (Wildman–Crippen MR) is 85.4 cm³/mol. The molecule has 2 fully saturated rings. The highest BCUT2D eigenvalue weighted by Gasteiger charge is 2.45. The van der Waals surface area contributed by atoms with Gasteiger partial charge in [-0.2, -0.15) is 0 Å². The van der Waals surface area contributed by atoms with E-state index in [0.717, 1.165) is 12.8 Å². The number of piperidine rings is 1. The topological polar surface area (TPSA) is 30.5 Å². The van der Waals surface area contributed by atoms with E-state index in [1.54, 1.807) is 0 Å². The van der Waals surface area contributed by atoms with Crippen molar-refractivity contribution in [3.8, 4) is 0 Å². The number of benzene rings is 2. The molecule has 2 aliphatic heterocycles.